The fraction of sp³-hybridized carbons (Fsp3) is 0.562. The van der Waals surface area contributed by atoms with E-state index in [4.69, 9.17) is 10.5 Å². The van der Waals surface area contributed by atoms with Gasteiger partial charge >= 0.3 is 0 Å². The average molecular weight is 274 g/mol. The molecule has 1 heterocycles. The summed E-state index contributed by atoms with van der Waals surface area (Å²) in [6.45, 7) is 1.16. The Balaban J connectivity index is 1.63. The molecule has 3 N–H and O–H groups in total. The molecule has 1 aliphatic heterocycles. The number of rotatable bonds is 2. The number of hydrogen-bond acceptors (Lipinski definition) is 3. The minimum absolute atomic E-state index is 0.00909. The van der Waals surface area contributed by atoms with Gasteiger partial charge in [-0.3, -0.25) is 4.79 Å². The molecule has 4 heteroatoms. The van der Waals surface area contributed by atoms with Gasteiger partial charge in [0.05, 0.1) is 5.54 Å². The number of amides is 1. The summed E-state index contributed by atoms with van der Waals surface area (Å²) in [6.07, 6.45) is 4.16. The first-order valence-electron chi connectivity index (χ1n) is 7.42. The topological polar surface area (TPSA) is 64.4 Å². The number of hydrogen-bond donors (Lipinski definition) is 2. The molecular formula is C16H22N2O2. The molecule has 1 saturated heterocycles. The minimum atomic E-state index is -0.741. The Hall–Kier alpha value is -1.39. The van der Waals surface area contributed by atoms with Crippen molar-refractivity contribution in [2.75, 3.05) is 13.2 Å². The highest BCUT2D eigenvalue weighted by atomic mass is 16.5. The molecule has 1 aliphatic carbocycles. The zero-order valence-corrected chi connectivity index (χ0v) is 11.7. The first-order valence-corrected chi connectivity index (χ1v) is 7.42. The maximum Gasteiger partial charge on any atom is 0.240 e. The lowest BCUT2D eigenvalue weighted by Gasteiger charge is -2.34. The van der Waals surface area contributed by atoms with Gasteiger partial charge in [-0.05, 0) is 43.2 Å². The van der Waals surface area contributed by atoms with Crippen LogP contribution >= 0.6 is 0 Å². The van der Waals surface area contributed by atoms with Gasteiger partial charge in [0, 0.05) is 19.3 Å². The summed E-state index contributed by atoms with van der Waals surface area (Å²) >= 11 is 0. The number of nitrogens with one attached hydrogen (secondary N) is 1. The van der Waals surface area contributed by atoms with Gasteiger partial charge in [-0.25, -0.2) is 0 Å². The lowest BCUT2D eigenvalue weighted by molar-refractivity contribution is -0.130. The Kier molecular flexibility index (Phi) is 3.76. The summed E-state index contributed by atoms with van der Waals surface area (Å²) in [5.74, 6) is -0.00909. The number of aryl methyl sites for hydroxylation is 1. The SMILES string of the molecule is NC1(C(=O)NC2CCc3ccccc3C2)CCOCC1. The third-order valence-electron chi connectivity index (χ3n) is 4.52. The molecule has 1 amide bonds. The van der Waals surface area contributed by atoms with Crippen LogP contribution in [0.15, 0.2) is 24.3 Å². The predicted molar refractivity (Wildman–Crippen MR) is 77.4 cm³/mol. The number of carbonyl (C=O) groups excluding carboxylic acids is 1. The first kappa shape index (κ1) is 13.6. The van der Waals surface area contributed by atoms with E-state index in [1.54, 1.807) is 0 Å². The fourth-order valence-electron chi connectivity index (χ4n) is 3.11. The maximum absolute atomic E-state index is 12.4. The van der Waals surface area contributed by atoms with Gasteiger partial charge in [0.15, 0.2) is 0 Å². The highest BCUT2D eigenvalue weighted by molar-refractivity contribution is 5.86. The summed E-state index contributed by atoms with van der Waals surface area (Å²) in [5.41, 5.74) is 8.24. The molecule has 1 fully saturated rings. The van der Waals surface area contributed by atoms with E-state index in [0.717, 1.165) is 19.3 Å². The molecule has 108 valence electrons. The standard InChI is InChI=1S/C16H22N2O2/c17-16(7-9-20-10-8-16)15(19)18-14-6-5-12-3-1-2-4-13(12)11-14/h1-4,14H,5-11,17H2,(H,18,19). The number of fused-ring (bicyclic) bond motifs is 1. The highest BCUT2D eigenvalue weighted by Crippen LogP contribution is 2.23. The van der Waals surface area contributed by atoms with E-state index in [9.17, 15) is 4.79 Å². The summed E-state index contributed by atoms with van der Waals surface area (Å²) < 4.78 is 5.29. The predicted octanol–water partition coefficient (Wildman–Crippen LogP) is 1.17. The van der Waals surface area contributed by atoms with Crippen molar-refractivity contribution in [3.05, 3.63) is 35.4 Å². The van der Waals surface area contributed by atoms with E-state index in [2.05, 4.69) is 29.6 Å². The molecule has 2 aliphatic rings. The maximum atomic E-state index is 12.4. The van der Waals surface area contributed by atoms with Crippen molar-refractivity contribution in [3.63, 3.8) is 0 Å². The van der Waals surface area contributed by atoms with E-state index in [-0.39, 0.29) is 11.9 Å². The number of benzene rings is 1. The van der Waals surface area contributed by atoms with Gasteiger partial charge in [0.2, 0.25) is 5.91 Å². The molecule has 20 heavy (non-hydrogen) atoms. The summed E-state index contributed by atoms with van der Waals surface area (Å²) in [7, 11) is 0. The van der Waals surface area contributed by atoms with Crippen LogP contribution in [-0.4, -0.2) is 30.7 Å². The van der Waals surface area contributed by atoms with Crippen molar-refractivity contribution in [1.82, 2.24) is 5.32 Å². The van der Waals surface area contributed by atoms with Gasteiger partial charge in [0.1, 0.15) is 0 Å². The van der Waals surface area contributed by atoms with Crippen molar-refractivity contribution in [3.8, 4) is 0 Å². The smallest absolute Gasteiger partial charge is 0.240 e. The Morgan fingerprint density at radius 2 is 1.95 bits per heavy atom. The van der Waals surface area contributed by atoms with E-state index in [1.165, 1.54) is 11.1 Å². The molecule has 0 saturated carbocycles. The van der Waals surface area contributed by atoms with Crippen LogP contribution in [0.1, 0.15) is 30.4 Å². The molecule has 1 aromatic rings. The molecule has 1 unspecified atom stereocenters. The largest absolute Gasteiger partial charge is 0.381 e. The Bertz CT molecular complexity index is 495. The number of nitrogens with two attached hydrogens (primary N) is 1. The zero-order chi connectivity index (χ0) is 14.0. The van der Waals surface area contributed by atoms with Crippen LogP contribution in [0.25, 0.3) is 0 Å². The molecule has 3 rings (SSSR count). The first-order chi connectivity index (χ1) is 9.67. The van der Waals surface area contributed by atoms with Crippen LogP contribution in [0.5, 0.6) is 0 Å². The third-order valence-corrected chi connectivity index (χ3v) is 4.52. The second kappa shape index (κ2) is 5.54. The molecule has 0 bridgehead atoms. The molecule has 4 nitrogen and oxygen atoms in total. The lowest BCUT2D eigenvalue weighted by atomic mass is 9.86. The van der Waals surface area contributed by atoms with Crippen molar-refractivity contribution >= 4 is 5.91 Å². The molecule has 1 aromatic carbocycles. The number of carbonyl (C=O) groups is 1. The molecule has 0 radical (unpaired) electrons. The summed E-state index contributed by atoms with van der Waals surface area (Å²) in [4.78, 5) is 12.4. The van der Waals surface area contributed by atoms with E-state index < -0.39 is 5.54 Å². The van der Waals surface area contributed by atoms with Crippen molar-refractivity contribution in [2.24, 2.45) is 5.73 Å². The highest BCUT2D eigenvalue weighted by Gasteiger charge is 2.37. The van der Waals surface area contributed by atoms with Gasteiger partial charge in [-0.1, -0.05) is 24.3 Å². The van der Waals surface area contributed by atoms with Gasteiger partial charge in [-0.15, -0.1) is 0 Å². The van der Waals surface area contributed by atoms with Crippen molar-refractivity contribution < 1.29 is 9.53 Å². The lowest BCUT2D eigenvalue weighted by Crippen LogP contribution is -2.59. The Morgan fingerprint density at radius 3 is 2.70 bits per heavy atom. The normalized spacial score (nSPS) is 24.8. The molecule has 0 spiro atoms. The third kappa shape index (κ3) is 2.72. The van der Waals surface area contributed by atoms with E-state index in [0.29, 0.717) is 26.1 Å². The summed E-state index contributed by atoms with van der Waals surface area (Å²) in [5, 5.41) is 3.15. The molecule has 0 aromatic heterocycles. The van der Waals surface area contributed by atoms with E-state index in [1.807, 2.05) is 0 Å². The monoisotopic (exact) mass is 274 g/mol. The molecule has 1 atom stereocenters. The molecular weight excluding hydrogens is 252 g/mol. The second-order valence-corrected chi connectivity index (χ2v) is 5.95. The van der Waals surface area contributed by atoms with Gasteiger partial charge in [0.25, 0.3) is 0 Å². The van der Waals surface area contributed by atoms with Crippen LogP contribution in [0.4, 0.5) is 0 Å². The Labute approximate surface area is 119 Å². The number of ether oxygens (including phenoxy) is 1. The van der Waals surface area contributed by atoms with Gasteiger partial charge in [-0.2, -0.15) is 0 Å². The minimum Gasteiger partial charge on any atom is -0.381 e. The van der Waals surface area contributed by atoms with Crippen molar-refractivity contribution in [1.29, 1.82) is 0 Å². The average Bonchev–Trinajstić information content (AvgIpc) is 2.48. The van der Waals surface area contributed by atoms with Crippen molar-refractivity contribution in [2.45, 2.75) is 43.7 Å². The van der Waals surface area contributed by atoms with Crippen LogP contribution < -0.4 is 11.1 Å². The van der Waals surface area contributed by atoms with Crippen LogP contribution in [0, 0.1) is 0 Å². The van der Waals surface area contributed by atoms with E-state index >= 15 is 0 Å². The van der Waals surface area contributed by atoms with Crippen LogP contribution in [0.2, 0.25) is 0 Å². The quantitative estimate of drug-likeness (QED) is 0.851. The van der Waals surface area contributed by atoms with Gasteiger partial charge < -0.3 is 15.8 Å². The van der Waals surface area contributed by atoms with Crippen LogP contribution in [0.3, 0.4) is 0 Å². The zero-order valence-electron chi connectivity index (χ0n) is 11.7. The van der Waals surface area contributed by atoms with Crippen LogP contribution in [-0.2, 0) is 22.4 Å². The second-order valence-electron chi connectivity index (χ2n) is 5.95. The Morgan fingerprint density at radius 1 is 1.25 bits per heavy atom. The fourth-order valence-corrected chi connectivity index (χ4v) is 3.11. The summed E-state index contributed by atoms with van der Waals surface area (Å²) in [6, 6.07) is 8.68.